The molecule has 27 nitrogen and oxygen atoms in total. The Labute approximate surface area is 748 Å². The van der Waals surface area contributed by atoms with Crippen molar-refractivity contribution < 1.29 is 48.6 Å². The lowest BCUT2D eigenvalue weighted by Gasteiger charge is -2.23. The number of nitrogens with one attached hydrogen (secondary N) is 3. The minimum absolute atomic E-state index is 0.0329. The standard InChI is InChI=1S/C33H27FN6O2.C27H21ClFN5O2.C21H17BrClN5O.C6H6BFO3.C6H8BNO2/c1-19-15-22(13-14-36-19)25-10-6-7-23-16-28(40(32(42)30(23)25)24-8-4-3-5-9-24)20(2)38-31-26(18-37-33(35)39-31)21-11-12-27(34)29(41)17-21;1-15(32-25-19(14-31-27(30)33-25)16-10-11-21(29)23(35)13-16)22-12-17-6-5-9-20(28)24(17)26(36)34(22)18-7-3-2-4-8-18;1-12(26-19-15(22)11-25-21(24)27-19)17-10-13-6-5-9-16(23)18(13)20(29)28(17)14-7-3-2-4-8-14;8-5-2-1-4(7(10)11)3-6(5)9;1-5-4-6(7(9)10)2-3-8-5/h3-18,20,41H,1-2H3,(H3,35,37,38,39);2-15,35H,1H3,(H3,30,31,32,33);2-12H,1H3,(H3,24,25,26,27);1-3,9-11H;2-4,9-10H,1H3/t20-;15-;12-;;/m000../s1. The summed E-state index contributed by atoms with van der Waals surface area (Å²) < 4.78 is 45.4. The molecule has 0 saturated carbocycles. The normalized spacial score (nSPS) is 11.6. The first-order chi connectivity index (χ1) is 61.4. The van der Waals surface area contributed by atoms with E-state index in [1.54, 1.807) is 69.5 Å². The Bertz CT molecular complexity index is 7150. The molecule has 0 aliphatic rings. The lowest BCUT2D eigenvalue weighted by molar-refractivity contribution is 0.420. The summed E-state index contributed by atoms with van der Waals surface area (Å²) in [6.45, 7) is 9.47. The Morgan fingerprint density at radius 3 is 1.13 bits per heavy atom. The second-order valence-corrected chi connectivity index (χ2v) is 30.7. The number of fused-ring (bicyclic) bond motifs is 3. The Hall–Kier alpha value is -14.8. The average molecular weight is 1820 g/mol. The fourth-order valence-corrected chi connectivity index (χ4v) is 14.9. The van der Waals surface area contributed by atoms with Crippen molar-refractivity contribution in [2.45, 2.75) is 52.7 Å². The molecular formula is C93H79B2BrCl2F3N17O10. The van der Waals surface area contributed by atoms with Gasteiger partial charge in [0.25, 0.3) is 16.7 Å². The van der Waals surface area contributed by atoms with E-state index in [0.29, 0.717) is 104 Å². The Balaban J connectivity index is 0.000000148. The highest BCUT2D eigenvalue weighted by Gasteiger charge is 2.26. The fraction of sp³-hybridized carbons (Fsp3) is 0.0860. The third kappa shape index (κ3) is 21.1. The first kappa shape index (κ1) is 90.9. The molecule has 0 amide bonds. The summed E-state index contributed by atoms with van der Waals surface area (Å²) in [5, 5.41) is 77.7. The molecule has 3 atom stereocenters. The highest BCUT2D eigenvalue weighted by molar-refractivity contribution is 9.10. The van der Waals surface area contributed by atoms with Crippen LogP contribution < -0.4 is 60.8 Å². The van der Waals surface area contributed by atoms with Crippen molar-refractivity contribution in [2.75, 3.05) is 33.2 Å². The van der Waals surface area contributed by atoms with Gasteiger partial charge in [-0.3, -0.25) is 38.1 Å². The Morgan fingerprint density at radius 1 is 0.383 bits per heavy atom. The van der Waals surface area contributed by atoms with Crippen molar-refractivity contribution in [1.29, 1.82) is 0 Å². The topological polar surface area (TPSA) is 425 Å². The SMILES string of the molecule is C[C@H](Nc1nc(N)ncc1-c1ccc(F)c(O)c1)c1cc2cccc(Cl)c2c(=O)n1-c1ccccc1.C[C@H](Nc1nc(N)ncc1Br)c1cc2cccc(Cl)c2c(=O)n1-c1ccccc1.Cc1cc(-c2cccc3cc([C@H](C)Nc4nc(N)ncc4-c4ccc(F)c(O)c4)n(-c4ccccc4)c(=O)c23)ccn1.Cc1cc(B(O)O)ccn1.OB(O)c1ccc(F)c(O)c1. The number of nitrogens with zero attached hydrogens (tertiary/aromatic N) is 11. The van der Waals surface area contributed by atoms with Crippen molar-refractivity contribution in [3.63, 3.8) is 0 Å². The molecule has 0 aliphatic carbocycles. The molecule has 0 saturated heterocycles. The van der Waals surface area contributed by atoms with Crippen LogP contribution in [0, 0.1) is 31.3 Å². The smallest absolute Gasteiger partial charge is 0.488 e. The van der Waals surface area contributed by atoms with E-state index in [-0.39, 0.29) is 46.0 Å². The highest BCUT2D eigenvalue weighted by atomic mass is 79.9. The Kier molecular flexibility index (Phi) is 28.7. The number of nitrogens with two attached hydrogens (primary N) is 3. The van der Waals surface area contributed by atoms with Crippen LogP contribution in [0.15, 0.2) is 292 Å². The number of aryl methyl sites for hydroxylation is 2. The van der Waals surface area contributed by atoms with Crippen LogP contribution in [0.3, 0.4) is 0 Å². The van der Waals surface area contributed by atoms with Crippen LogP contribution >= 0.6 is 39.1 Å². The van der Waals surface area contributed by atoms with Crippen molar-refractivity contribution >= 4 is 132 Å². The van der Waals surface area contributed by atoms with Crippen LogP contribution in [0.4, 0.5) is 48.5 Å². The monoisotopic (exact) mass is 1820 g/mol. The van der Waals surface area contributed by atoms with Gasteiger partial charge in [-0.25, -0.2) is 28.1 Å². The first-order valence-corrected chi connectivity index (χ1v) is 40.8. The molecule has 8 heterocycles. The van der Waals surface area contributed by atoms with Crippen LogP contribution in [0.1, 0.15) is 67.4 Å². The van der Waals surface area contributed by atoms with Crippen molar-refractivity contribution in [3.05, 3.63) is 365 Å². The van der Waals surface area contributed by atoms with Gasteiger partial charge in [0, 0.05) is 87.6 Å². The van der Waals surface area contributed by atoms with Gasteiger partial charge >= 0.3 is 14.2 Å². The van der Waals surface area contributed by atoms with Gasteiger partial charge in [0.1, 0.15) is 17.5 Å². The molecule has 0 fully saturated rings. The number of para-hydroxylation sites is 3. The molecule has 9 aromatic carbocycles. The maximum absolute atomic E-state index is 14.4. The number of pyridine rings is 5. The molecule has 0 radical (unpaired) electrons. The number of anilines is 6. The van der Waals surface area contributed by atoms with Gasteiger partial charge in [-0.05, 0) is 227 Å². The minimum atomic E-state index is -1.68. The molecular weight excluding hydrogens is 1740 g/mol. The quantitative estimate of drug-likeness (QED) is 0.0377. The molecule has 0 bridgehead atoms. The molecule has 16 N–H and O–H groups in total. The van der Waals surface area contributed by atoms with Crippen LogP contribution in [-0.4, -0.2) is 103 Å². The Morgan fingerprint density at radius 2 is 0.734 bits per heavy atom. The zero-order chi connectivity index (χ0) is 91.3. The number of aromatic nitrogens is 11. The van der Waals surface area contributed by atoms with E-state index in [0.717, 1.165) is 62.9 Å². The molecule has 644 valence electrons. The largest absolute Gasteiger partial charge is 0.505 e. The summed E-state index contributed by atoms with van der Waals surface area (Å²) in [6, 6.07) is 67.6. The molecule has 0 aliphatic heterocycles. The maximum Gasteiger partial charge on any atom is 0.488 e. The van der Waals surface area contributed by atoms with E-state index >= 15 is 0 Å². The van der Waals surface area contributed by atoms with Gasteiger partial charge in [-0.2, -0.15) is 15.0 Å². The minimum Gasteiger partial charge on any atom is -0.505 e. The van der Waals surface area contributed by atoms with Crippen LogP contribution in [-0.2, 0) is 0 Å². The summed E-state index contributed by atoms with van der Waals surface area (Å²) in [7, 11) is -3.07. The number of nitrogen functional groups attached to an aromatic ring is 3. The van der Waals surface area contributed by atoms with Crippen LogP contribution in [0.2, 0.25) is 10.0 Å². The van der Waals surface area contributed by atoms with E-state index in [1.165, 1.54) is 48.8 Å². The number of phenols is 3. The van der Waals surface area contributed by atoms with Crippen LogP contribution in [0.5, 0.6) is 17.2 Å². The van der Waals surface area contributed by atoms with Crippen molar-refractivity contribution in [1.82, 2.24) is 53.6 Å². The lowest BCUT2D eigenvalue weighted by Crippen LogP contribution is -2.29. The van der Waals surface area contributed by atoms with Gasteiger partial charge < -0.3 is 68.6 Å². The summed E-state index contributed by atoms with van der Waals surface area (Å²) >= 11 is 16.2. The number of benzene rings is 9. The molecule has 8 aromatic heterocycles. The summed E-state index contributed by atoms with van der Waals surface area (Å²) in [5.41, 5.74) is 27.1. The number of hydrogen-bond donors (Lipinski definition) is 13. The number of hydrogen-bond acceptors (Lipinski definition) is 24. The third-order valence-electron chi connectivity index (χ3n) is 20.1. The molecule has 0 spiro atoms. The number of halogens is 6. The zero-order valence-corrected chi connectivity index (χ0v) is 71.7. The predicted molar refractivity (Wildman–Crippen MR) is 501 cm³/mol. The molecule has 0 unspecified atom stereocenters. The zero-order valence-electron chi connectivity index (χ0n) is 68.6. The molecule has 35 heteroatoms. The lowest BCUT2D eigenvalue weighted by atomic mass is 9.80. The average Bonchev–Trinajstić information content (AvgIpc) is 0.743. The predicted octanol–water partition coefficient (Wildman–Crippen LogP) is 15.4. The van der Waals surface area contributed by atoms with Gasteiger partial charge in [0.15, 0.2) is 34.7 Å². The third-order valence-corrected chi connectivity index (χ3v) is 21.4. The van der Waals surface area contributed by atoms with Gasteiger partial charge in [-0.15, -0.1) is 0 Å². The van der Waals surface area contributed by atoms with Gasteiger partial charge in [0.2, 0.25) is 17.8 Å². The molecule has 17 rings (SSSR count). The van der Waals surface area contributed by atoms with E-state index in [1.807, 2.05) is 185 Å². The second kappa shape index (κ2) is 40.4. The van der Waals surface area contributed by atoms with Gasteiger partial charge in [-0.1, -0.05) is 138 Å². The van der Waals surface area contributed by atoms with E-state index in [4.69, 9.17) is 65.6 Å². The molecule has 128 heavy (non-hydrogen) atoms. The van der Waals surface area contributed by atoms with Gasteiger partial charge in [0.05, 0.1) is 48.8 Å². The maximum atomic E-state index is 14.4. The van der Waals surface area contributed by atoms with Crippen LogP contribution in [0.25, 0.3) is 82.8 Å². The number of rotatable bonds is 17. The first-order valence-electron chi connectivity index (χ1n) is 39.3. The second-order valence-electron chi connectivity index (χ2n) is 29.0. The number of phenolic OH excluding ortho intramolecular Hbond substituents is 3. The number of aromatic hydroxyl groups is 3. The fourth-order valence-electron chi connectivity index (χ4n) is 14.0. The van der Waals surface area contributed by atoms with E-state index in [9.17, 15) is 37.8 Å². The summed E-state index contributed by atoms with van der Waals surface area (Å²) in [4.78, 5) is 74.9. The summed E-state index contributed by atoms with van der Waals surface area (Å²) in [6.07, 6.45) is 7.88. The van der Waals surface area contributed by atoms with E-state index in [2.05, 4.69) is 71.8 Å². The van der Waals surface area contributed by atoms with Crippen molar-refractivity contribution in [3.8, 4) is 67.7 Å². The highest BCUT2D eigenvalue weighted by Crippen LogP contribution is 2.38. The summed E-state index contributed by atoms with van der Waals surface area (Å²) in [5.74, 6) is -2.32. The van der Waals surface area contributed by atoms with Crippen molar-refractivity contribution in [2.24, 2.45) is 0 Å². The van der Waals surface area contributed by atoms with E-state index < -0.39 is 61.0 Å². The molecule has 17 aromatic rings.